The van der Waals surface area contributed by atoms with Crippen LogP contribution in [0.25, 0.3) is 11.6 Å². The summed E-state index contributed by atoms with van der Waals surface area (Å²) in [6, 6.07) is 8.75. The molecule has 4 heteroatoms. The Morgan fingerprint density at radius 1 is 1.40 bits per heavy atom. The van der Waals surface area contributed by atoms with Crippen LogP contribution in [0.1, 0.15) is 23.8 Å². The summed E-state index contributed by atoms with van der Waals surface area (Å²) in [6.45, 7) is 4.38. The quantitative estimate of drug-likeness (QED) is 0.845. The summed E-state index contributed by atoms with van der Waals surface area (Å²) in [4.78, 5) is 11.4. The summed E-state index contributed by atoms with van der Waals surface area (Å²) in [7, 11) is 0. The van der Waals surface area contributed by atoms with Crippen LogP contribution in [0.3, 0.4) is 0 Å². The molecule has 0 atom stereocenters. The molecule has 1 aromatic carbocycles. The SMILES string of the molecule is CCOc1ccc(/C(=C/c2ccco2)C(=O)O)cc1C. The molecule has 0 fully saturated rings. The minimum atomic E-state index is -0.995. The van der Waals surface area contributed by atoms with Crippen molar-refractivity contribution in [2.75, 3.05) is 6.61 Å². The van der Waals surface area contributed by atoms with Gasteiger partial charge in [0.25, 0.3) is 0 Å². The molecule has 2 rings (SSSR count). The number of rotatable bonds is 5. The molecule has 0 aliphatic rings. The average Bonchev–Trinajstić information content (AvgIpc) is 2.91. The maximum absolute atomic E-state index is 11.4. The predicted molar refractivity (Wildman–Crippen MR) is 76.6 cm³/mol. The summed E-state index contributed by atoms with van der Waals surface area (Å²) in [5, 5.41) is 9.35. The van der Waals surface area contributed by atoms with E-state index >= 15 is 0 Å². The van der Waals surface area contributed by atoms with Gasteiger partial charge in [-0.2, -0.15) is 0 Å². The highest BCUT2D eigenvalue weighted by molar-refractivity contribution is 6.20. The maximum Gasteiger partial charge on any atom is 0.336 e. The molecule has 4 nitrogen and oxygen atoms in total. The standard InChI is InChI=1S/C16H16O4/c1-3-19-15-7-6-12(9-11(15)2)14(16(17)18)10-13-5-4-8-20-13/h4-10H,3H2,1-2H3,(H,17,18)/b14-10-. The van der Waals surface area contributed by atoms with E-state index in [0.717, 1.165) is 11.3 Å². The fraction of sp³-hybridized carbons (Fsp3) is 0.188. The van der Waals surface area contributed by atoms with Gasteiger partial charge in [-0.05, 0) is 55.3 Å². The highest BCUT2D eigenvalue weighted by atomic mass is 16.5. The number of hydrogen-bond donors (Lipinski definition) is 1. The van der Waals surface area contributed by atoms with Crippen molar-refractivity contribution < 1.29 is 19.1 Å². The molecular formula is C16H16O4. The van der Waals surface area contributed by atoms with Crippen molar-refractivity contribution in [3.05, 3.63) is 53.5 Å². The molecule has 0 spiro atoms. The lowest BCUT2D eigenvalue weighted by molar-refractivity contribution is -0.130. The summed E-state index contributed by atoms with van der Waals surface area (Å²) in [5.74, 6) is 0.276. The highest BCUT2D eigenvalue weighted by Crippen LogP contribution is 2.25. The molecule has 0 radical (unpaired) electrons. The van der Waals surface area contributed by atoms with Crippen molar-refractivity contribution in [2.24, 2.45) is 0 Å². The third-order valence-electron chi connectivity index (χ3n) is 2.85. The number of carboxylic acids is 1. The normalized spacial score (nSPS) is 11.4. The monoisotopic (exact) mass is 272 g/mol. The molecular weight excluding hydrogens is 256 g/mol. The van der Waals surface area contributed by atoms with Crippen molar-refractivity contribution in [1.82, 2.24) is 0 Å². The molecule has 0 aliphatic carbocycles. The number of aliphatic carboxylic acids is 1. The van der Waals surface area contributed by atoms with Crippen molar-refractivity contribution in [3.8, 4) is 5.75 Å². The molecule has 20 heavy (non-hydrogen) atoms. The van der Waals surface area contributed by atoms with Crippen LogP contribution in [0.5, 0.6) is 5.75 Å². The Morgan fingerprint density at radius 2 is 2.20 bits per heavy atom. The van der Waals surface area contributed by atoms with Crippen LogP contribution in [0.2, 0.25) is 0 Å². The van der Waals surface area contributed by atoms with Gasteiger partial charge in [-0.15, -0.1) is 0 Å². The smallest absolute Gasteiger partial charge is 0.336 e. The summed E-state index contributed by atoms with van der Waals surface area (Å²) in [6.07, 6.45) is 3.02. The van der Waals surface area contributed by atoms with E-state index in [4.69, 9.17) is 9.15 Å². The van der Waals surface area contributed by atoms with Gasteiger partial charge in [-0.25, -0.2) is 4.79 Å². The van der Waals surface area contributed by atoms with Crippen LogP contribution in [0, 0.1) is 6.92 Å². The lowest BCUT2D eigenvalue weighted by atomic mass is 10.0. The van der Waals surface area contributed by atoms with Gasteiger partial charge in [-0.3, -0.25) is 0 Å². The van der Waals surface area contributed by atoms with E-state index in [1.165, 1.54) is 12.3 Å². The van der Waals surface area contributed by atoms with Crippen molar-refractivity contribution in [3.63, 3.8) is 0 Å². The van der Waals surface area contributed by atoms with E-state index < -0.39 is 5.97 Å². The molecule has 1 heterocycles. The van der Waals surface area contributed by atoms with Gasteiger partial charge >= 0.3 is 5.97 Å². The molecule has 0 saturated carbocycles. The lowest BCUT2D eigenvalue weighted by Crippen LogP contribution is -2.01. The van der Waals surface area contributed by atoms with Crippen LogP contribution in [-0.2, 0) is 4.79 Å². The molecule has 0 unspecified atom stereocenters. The van der Waals surface area contributed by atoms with E-state index in [2.05, 4.69) is 0 Å². The third-order valence-corrected chi connectivity index (χ3v) is 2.85. The van der Waals surface area contributed by atoms with Gasteiger partial charge in [0, 0.05) is 0 Å². The first-order valence-electron chi connectivity index (χ1n) is 6.34. The van der Waals surface area contributed by atoms with Crippen molar-refractivity contribution >= 4 is 17.6 Å². The second-order valence-electron chi connectivity index (χ2n) is 4.29. The van der Waals surface area contributed by atoms with Crippen LogP contribution in [0.15, 0.2) is 41.0 Å². The number of aryl methyl sites for hydroxylation is 1. The van der Waals surface area contributed by atoms with E-state index in [-0.39, 0.29) is 5.57 Å². The summed E-state index contributed by atoms with van der Waals surface area (Å²) in [5.41, 5.74) is 1.71. The molecule has 2 aromatic rings. The number of carbonyl (C=O) groups is 1. The topological polar surface area (TPSA) is 59.7 Å². The molecule has 0 bridgehead atoms. The number of carboxylic acid groups (broad SMARTS) is 1. The third kappa shape index (κ3) is 3.09. The van der Waals surface area contributed by atoms with Gasteiger partial charge in [0.1, 0.15) is 11.5 Å². The fourth-order valence-electron chi connectivity index (χ4n) is 1.92. The van der Waals surface area contributed by atoms with Gasteiger partial charge in [0.05, 0.1) is 18.4 Å². The summed E-state index contributed by atoms with van der Waals surface area (Å²) >= 11 is 0. The molecule has 0 aliphatic heterocycles. The minimum Gasteiger partial charge on any atom is -0.494 e. The Balaban J connectivity index is 2.40. The lowest BCUT2D eigenvalue weighted by Gasteiger charge is -2.09. The van der Waals surface area contributed by atoms with Crippen LogP contribution in [0.4, 0.5) is 0 Å². The Morgan fingerprint density at radius 3 is 2.75 bits per heavy atom. The second kappa shape index (κ2) is 6.10. The Bertz CT molecular complexity index is 624. The number of ether oxygens (including phenoxy) is 1. The maximum atomic E-state index is 11.4. The molecule has 0 saturated heterocycles. The molecule has 0 amide bonds. The number of benzene rings is 1. The van der Waals surface area contributed by atoms with E-state index in [1.54, 1.807) is 30.3 Å². The van der Waals surface area contributed by atoms with E-state index in [9.17, 15) is 9.90 Å². The largest absolute Gasteiger partial charge is 0.494 e. The van der Waals surface area contributed by atoms with Crippen LogP contribution in [-0.4, -0.2) is 17.7 Å². The van der Waals surface area contributed by atoms with Crippen LogP contribution >= 0.6 is 0 Å². The minimum absolute atomic E-state index is 0.186. The zero-order chi connectivity index (χ0) is 14.5. The zero-order valence-electron chi connectivity index (χ0n) is 11.4. The second-order valence-corrected chi connectivity index (χ2v) is 4.29. The number of furan rings is 1. The predicted octanol–water partition coefficient (Wildman–Crippen LogP) is 3.61. The molecule has 1 aromatic heterocycles. The first kappa shape index (κ1) is 13.9. The van der Waals surface area contributed by atoms with Crippen LogP contribution < -0.4 is 4.74 Å². The summed E-state index contributed by atoms with van der Waals surface area (Å²) < 4.78 is 10.6. The first-order chi connectivity index (χ1) is 9.61. The van der Waals surface area contributed by atoms with Gasteiger partial charge < -0.3 is 14.3 Å². The van der Waals surface area contributed by atoms with Crippen molar-refractivity contribution in [2.45, 2.75) is 13.8 Å². The average molecular weight is 272 g/mol. The zero-order valence-corrected chi connectivity index (χ0v) is 11.4. The van der Waals surface area contributed by atoms with Gasteiger partial charge in [-0.1, -0.05) is 6.07 Å². The fourth-order valence-corrected chi connectivity index (χ4v) is 1.92. The molecule has 1 N–H and O–H groups in total. The Labute approximate surface area is 117 Å². The van der Waals surface area contributed by atoms with E-state index in [1.807, 2.05) is 13.8 Å². The molecule has 104 valence electrons. The first-order valence-corrected chi connectivity index (χ1v) is 6.34. The highest BCUT2D eigenvalue weighted by Gasteiger charge is 2.13. The Kier molecular flexibility index (Phi) is 4.25. The number of hydrogen-bond acceptors (Lipinski definition) is 3. The van der Waals surface area contributed by atoms with E-state index in [0.29, 0.717) is 17.9 Å². The van der Waals surface area contributed by atoms with Gasteiger partial charge in [0.2, 0.25) is 0 Å². The van der Waals surface area contributed by atoms with Crippen molar-refractivity contribution in [1.29, 1.82) is 0 Å². The Hall–Kier alpha value is -2.49. The van der Waals surface area contributed by atoms with Gasteiger partial charge in [0.15, 0.2) is 0 Å².